The lowest BCUT2D eigenvalue weighted by Crippen LogP contribution is -2.26. The molecule has 0 radical (unpaired) electrons. The maximum absolute atomic E-state index is 2.37. The second-order valence-corrected chi connectivity index (χ2v) is 4.80. The van der Waals surface area contributed by atoms with Crippen molar-refractivity contribution < 1.29 is 0 Å². The molecule has 0 saturated carbocycles. The van der Waals surface area contributed by atoms with Crippen LogP contribution in [0.2, 0.25) is 0 Å². The summed E-state index contributed by atoms with van der Waals surface area (Å²) in [5, 5.41) is 0. The summed E-state index contributed by atoms with van der Waals surface area (Å²) in [6.07, 6.45) is 0. The van der Waals surface area contributed by atoms with Crippen molar-refractivity contribution in [2.45, 2.75) is 47.2 Å². The summed E-state index contributed by atoms with van der Waals surface area (Å²) < 4.78 is 0. The van der Waals surface area contributed by atoms with E-state index in [1.165, 1.54) is 22.3 Å². The fourth-order valence-electron chi connectivity index (χ4n) is 1.63. The van der Waals surface area contributed by atoms with Crippen molar-refractivity contribution in [3.63, 3.8) is 0 Å². The second-order valence-electron chi connectivity index (χ2n) is 4.80. The zero-order valence-corrected chi connectivity index (χ0v) is 10.9. The molecule has 1 heteroatoms. The molecule has 0 aliphatic carbocycles. The fourth-order valence-corrected chi connectivity index (χ4v) is 1.63. The van der Waals surface area contributed by atoms with Gasteiger partial charge in [-0.15, -0.1) is 0 Å². The first kappa shape index (κ1) is 12.3. The zero-order chi connectivity index (χ0) is 11.6. The third kappa shape index (κ3) is 2.82. The van der Waals surface area contributed by atoms with E-state index >= 15 is 0 Å². The van der Waals surface area contributed by atoms with Gasteiger partial charge in [-0.05, 0) is 63.9 Å². The molecule has 0 aromatic heterocycles. The Hall–Kier alpha value is -0.820. The highest BCUT2D eigenvalue weighted by molar-refractivity contribution is 5.38. The summed E-state index contributed by atoms with van der Waals surface area (Å²) in [5.74, 6) is 0. The minimum Gasteiger partial charge on any atom is -0.300 e. The molecule has 0 spiro atoms. The van der Waals surface area contributed by atoms with Gasteiger partial charge in [-0.3, -0.25) is 4.90 Å². The molecule has 1 aromatic rings. The van der Waals surface area contributed by atoms with Crippen molar-refractivity contribution in [3.05, 3.63) is 34.4 Å². The summed E-state index contributed by atoms with van der Waals surface area (Å²) in [6, 6.07) is 5.09. The first-order valence-corrected chi connectivity index (χ1v) is 5.69. The van der Waals surface area contributed by atoms with Crippen molar-refractivity contribution in [2.24, 2.45) is 0 Å². The topological polar surface area (TPSA) is 3.24 Å². The second kappa shape index (κ2) is 4.80. The van der Waals surface area contributed by atoms with Crippen LogP contribution >= 0.6 is 0 Å². The van der Waals surface area contributed by atoms with Gasteiger partial charge in [-0.1, -0.05) is 12.1 Å². The number of hydrogen-bond acceptors (Lipinski definition) is 1. The quantitative estimate of drug-likeness (QED) is 0.730. The highest BCUT2D eigenvalue weighted by Crippen LogP contribution is 2.18. The lowest BCUT2D eigenvalue weighted by molar-refractivity contribution is 0.265. The molecule has 0 aliphatic rings. The average molecular weight is 205 g/mol. The number of hydrogen-bond donors (Lipinski definition) is 0. The highest BCUT2D eigenvalue weighted by atomic mass is 15.1. The van der Waals surface area contributed by atoms with Crippen LogP contribution in [-0.4, -0.2) is 18.0 Å². The van der Waals surface area contributed by atoms with E-state index in [9.17, 15) is 0 Å². The number of aryl methyl sites for hydroxylation is 1. The lowest BCUT2D eigenvalue weighted by Gasteiger charge is -2.23. The summed E-state index contributed by atoms with van der Waals surface area (Å²) >= 11 is 0. The highest BCUT2D eigenvalue weighted by Gasteiger charge is 2.08. The third-order valence-corrected chi connectivity index (χ3v) is 3.47. The van der Waals surface area contributed by atoms with Gasteiger partial charge in [0.25, 0.3) is 0 Å². The lowest BCUT2D eigenvalue weighted by atomic mass is 9.98. The first-order chi connectivity index (χ1) is 6.93. The Labute approximate surface area is 94.1 Å². The normalized spacial score (nSPS) is 11.5. The van der Waals surface area contributed by atoms with Gasteiger partial charge in [0.15, 0.2) is 0 Å². The number of benzene rings is 1. The molecule has 0 saturated heterocycles. The Morgan fingerprint density at radius 2 is 1.67 bits per heavy atom. The van der Waals surface area contributed by atoms with Gasteiger partial charge in [-0.25, -0.2) is 0 Å². The molecule has 0 N–H and O–H groups in total. The summed E-state index contributed by atoms with van der Waals surface area (Å²) in [7, 11) is 2.18. The van der Waals surface area contributed by atoms with Crippen LogP contribution in [0.15, 0.2) is 12.1 Å². The first-order valence-electron chi connectivity index (χ1n) is 5.69. The van der Waals surface area contributed by atoms with Crippen molar-refractivity contribution in [1.82, 2.24) is 4.90 Å². The molecule has 1 aromatic carbocycles. The van der Waals surface area contributed by atoms with Crippen LogP contribution in [0.4, 0.5) is 0 Å². The van der Waals surface area contributed by atoms with Crippen LogP contribution in [0.5, 0.6) is 0 Å². The minimum absolute atomic E-state index is 0.603. The van der Waals surface area contributed by atoms with Crippen LogP contribution in [0.25, 0.3) is 0 Å². The molecule has 0 heterocycles. The molecule has 0 bridgehead atoms. The molecule has 0 aliphatic heterocycles. The predicted octanol–water partition coefficient (Wildman–Crippen LogP) is 3.45. The molecule has 0 fully saturated rings. The minimum atomic E-state index is 0.603. The SMILES string of the molecule is Cc1ccc(CN(C)C(C)C)c(C)c1C. The molecule has 0 atom stereocenters. The summed E-state index contributed by atoms with van der Waals surface area (Å²) in [4.78, 5) is 2.37. The molecule has 1 nitrogen and oxygen atoms in total. The molecule has 0 unspecified atom stereocenters. The van der Waals surface area contributed by atoms with Crippen LogP contribution in [0.1, 0.15) is 36.1 Å². The maximum atomic E-state index is 2.37. The van der Waals surface area contributed by atoms with Crippen molar-refractivity contribution >= 4 is 0 Å². The van der Waals surface area contributed by atoms with Gasteiger partial charge in [0, 0.05) is 12.6 Å². The van der Waals surface area contributed by atoms with Gasteiger partial charge in [-0.2, -0.15) is 0 Å². The van der Waals surface area contributed by atoms with Crippen molar-refractivity contribution in [1.29, 1.82) is 0 Å². The molecule has 84 valence electrons. The van der Waals surface area contributed by atoms with E-state index in [-0.39, 0.29) is 0 Å². The van der Waals surface area contributed by atoms with Crippen molar-refractivity contribution in [3.8, 4) is 0 Å². The van der Waals surface area contributed by atoms with Crippen molar-refractivity contribution in [2.75, 3.05) is 7.05 Å². The summed E-state index contributed by atoms with van der Waals surface area (Å²) in [6.45, 7) is 12.1. The van der Waals surface area contributed by atoms with E-state index < -0.39 is 0 Å². The largest absolute Gasteiger partial charge is 0.300 e. The van der Waals surface area contributed by atoms with Gasteiger partial charge in [0.2, 0.25) is 0 Å². The molecule has 15 heavy (non-hydrogen) atoms. The van der Waals surface area contributed by atoms with Crippen LogP contribution < -0.4 is 0 Å². The van der Waals surface area contributed by atoms with E-state index in [1.54, 1.807) is 0 Å². The summed E-state index contributed by atoms with van der Waals surface area (Å²) in [5.41, 5.74) is 5.73. The van der Waals surface area contributed by atoms with Gasteiger partial charge in [0.05, 0.1) is 0 Å². The van der Waals surface area contributed by atoms with Crippen LogP contribution in [-0.2, 0) is 6.54 Å². The van der Waals surface area contributed by atoms with Crippen LogP contribution in [0.3, 0.4) is 0 Å². The Morgan fingerprint density at radius 3 is 2.20 bits per heavy atom. The Morgan fingerprint density at radius 1 is 1.07 bits per heavy atom. The van der Waals surface area contributed by atoms with E-state index in [4.69, 9.17) is 0 Å². The Kier molecular flexibility index (Phi) is 3.92. The Balaban J connectivity index is 2.92. The predicted molar refractivity (Wildman–Crippen MR) is 67.3 cm³/mol. The molecular weight excluding hydrogens is 182 g/mol. The van der Waals surface area contributed by atoms with Gasteiger partial charge >= 0.3 is 0 Å². The fraction of sp³-hybridized carbons (Fsp3) is 0.571. The van der Waals surface area contributed by atoms with E-state index in [1.807, 2.05) is 0 Å². The van der Waals surface area contributed by atoms with Crippen LogP contribution in [0, 0.1) is 20.8 Å². The smallest absolute Gasteiger partial charge is 0.0236 e. The Bertz CT molecular complexity index is 339. The number of nitrogens with zero attached hydrogens (tertiary/aromatic N) is 1. The molecule has 0 amide bonds. The van der Waals surface area contributed by atoms with E-state index in [0.29, 0.717) is 6.04 Å². The standard InChI is InChI=1S/C14H23N/c1-10(2)15(6)9-14-8-7-11(3)12(4)13(14)5/h7-8,10H,9H2,1-6H3. The third-order valence-electron chi connectivity index (χ3n) is 3.47. The number of rotatable bonds is 3. The van der Waals surface area contributed by atoms with Gasteiger partial charge in [0.1, 0.15) is 0 Å². The average Bonchev–Trinajstić information content (AvgIpc) is 2.18. The van der Waals surface area contributed by atoms with E-state index in [0.717, 1.165) is 6.54 Å². The van der Waals surface area contributed by atoms with Gasteiger partial charge < -0.3 is 0 Å². The zero-order valence-electron chi connectivity index (χ0n) is 10.9. The van der Waals surface area contributed by atoms with E-state index in [2.05, 4.69) is 58.7 Å². The molecular formula is C14H23N. The molecule has 1 rings (SSSR count). The monoisotopic (exact) mass is 205 g/mol. The maximum Gasteiger partial charge on any atom is 0.0236 e.